The maximum Gasteiger partial charge on any atom is 0.150 e. The van der Waals surface area contributed by atoms with Crippen LogP contribution in [0.2, 0.25) is 0 Å². The summed E-state index contributed by atoms with van der Waals surface area (Å²) in [6.45, 7) is 0. The minimum atomic E-state index is -2.85. The summed E-state index contributed by atoms with van der Waals surface area (Å²) in [5.41, 5.74) is 3.96. The van der Waals surface area contributed by atoms with Crippen molar-refractivity contribution in [1.82, 2.24) is 5.43 Å². The zero-order valence-corrected chi connectivity index (χ0v) is 12.9. The molecule has 1 aromatic carbocycles. The molecule has 0 amide bonds. The highest BCUT2D eigenvalue weighted by Crippen LogP contribution is 2.23. The predicted octanol–water partition coefficient (Wildman–Crippen LogP) is 1.10. The monoisotopic (exact) mass is 380 g/mol. The highest BCUT2D eigenvalue weighted by atomic mass is 127. The van der Waals surface area contributed by atoms with Crippen molar-refractivity contribution in [3.8, 4) is 0 Å². The van der Waals surface area contributed by atoms with Gasteiger partial charge in [0.25, 0.3) is 0 Å². The molecule has 0 bridgehead atoms. The Morgan fingerprint density at radius 2 is 2.06 bits per heavy atom. The largest absolute Gasteiger partial charge is 0.271 e. The van der Waals surface area contributed by atoms with E-state index >= 15 is 0 Å². The van der Waals surface area contributed by atoms with Crippen LogP contribution in [0.15, 0.2) is 24.3 Å². The molecule has 1 fully saturated rings. The van der Waals surface area contributed by atoms with Crippen LogP contribution in [0.5, 0.6) is 0 Å². The van der Waals surface area contributed by atoms with Gasteiger partial charge in [-0.2, -0.15) is 0 Å². The van der Waals surface area contributed by atoms with E-state index in [1.165, 1.54) is 9.13 Å². The number of hydrazine groups is 1. The van der Waals surface area contributed by atoms with E-state index in [9.17, 15) is 8.42 Å². The second-order valence-corrected chi connectivity index (χ2v) is 8.24. The lowest BCUT2D eigenvalue weighted by molar-refractivity contribution is 0.385. The molecule has 3 N–H and O–H groups in total. The van der Waals surface area contributed by atoms with Crippen molar-refractivity contribution in [1.29, 1.82) is 0 Å². The van der Waals surface area contributed by atoms with Crippen molar-refractivity contribution >= 4 is 32.4 Å². The zero-order valence-electron chi connectivity index (χ0n) is 9.97. The van der Waals surface area contributed by atoms with Crippen LogP contribution in [0.25, 0.3) is 0 Å². The molecular weight excluding hydrogens is 363 g/mol. The number of sulfone groups is 1. The van der Waals surface area contributed by atoms with Gasteiger partial charge in [0.05, 0.1) is 11.5 Å². The van der Waals surface area contributed by atoms with Gasteiger partial charge < -0.3 is 0 Å². The topological polar surface area (TPSA) is 72.2 Å². The van der Waals surface area contributed by atoms with E-state index in [4.69, 9.17) is 5.84 Å². The highest BCUT2D eigenvalue weighted by Gasteiger charge is 2.33. The molecule has 18 heavy (non-hydrogen) atoms. The molecule has 2 unspecified atom stereocenters. The average molecular weight is 380 g/mol. The van der Waals surface area contributed by atoms with Crippen LogP contribution in [-0.4, -0.2) is 26.0 Å². The molecule has 1 saturated heterocycles. The van der Waals surface area contributed by atoms with Crippen molar-refractivity contribution in [3.05, 3.63) is 33.4 Å². The fourth-order valence-corrected chi connectivity index (χ4v) is 4.62. The van der Waals surface area contributed by atoms with E-state index in [1.54, 1.807) is 0 Å². The van der Waals surface area contributed by atoms with E-state index in [2.05, 4.69) is 52.3 Å². The maximum atomic E-state index is 11.5. The van der Waals surface area contributed by atoms with Gasteiger partial charge in [0.1, 0.15) is 0 Å². The summed E-state index contributed by atoms with van der Waals surface area (Å²) in [6, 6.07) is 8.26. The molecule has 0 aromatic heterocycles. The first-order valence-corrected chi connectivity index (χ1v) is 8.81. The van der Waals surface area contributed by atoms with Gasteiger partial charge in [-0.1, -0.05) is 12.1 Å². The summed E-state index contributed by atoms with van der Waals surface area (Å²) < 4.78 is 24.2. The van der Waals surface area contributed by atoms with Gasteiger partial charge in [-0.25, -0.2) is 8.42 Å². The van der Waals surface area contributed by atoms with Gasteiger partial charge in [-0.05, 0) is 59.0 Å². The number of nitrogens with one attached hydrogen (secondary N) is 1. The van der Waals surface area contributed by atoms with Crippen LogP contribution in [-0.2, 0) is 16.3 Å². The second kappa shape index (κ2) is 5.85. The molecule has 6 heteroatoms. The summed E-state index contributed by atoms with van der Waals surface area (Å²) in [4.78, 5) is 0. The summed E-state index contributed by atoms with van der Waals surface area (Å²) in [7, 11) is -2.85. The first-order valence-electron chi connectivity index (χ1n) is 5.91. The molecule has 2 atom stereocenters. The Morgan fingerprint density at radius 1 is 1.39 bits per heavy atom. The van der Waals surface area contributed by atoms with Crippen LogP contribution in [0.4, 0.5) is 0 Å². The van der Waals surface area contributed by atoms with Crippen LogP contribution >= 0.6 is 22.6 Å². The number of hydrogen-bond acceptors (Lipinski definition) is 4. The van der Waals surface area contributed by atoms with E-state index in [-0.39, 0.29) is 17.7 Å². The van der Waals surface area contributed by atoms with Crippen LogP contribution < -0.4 is 11.3 Å². The summed E-state index contributed by atoms with van der Waals surface area (Å²) in [5.74, 6) is 6.25. The fraction of sp³-hybridized carbons (Fsp3) is 0.500. The molecule has 1 aromatic rings. The first kappa shape index (κ1) is 14.2. The first-order chi connectivity index (χ1) is 8.50. The molecule has 2 rings (SSSR count). The number of halogens is 1. The van der Waals surface area contributed by atoms with E-state index in [0.717, 1.165) is 6.42 Å². The van der Waals surface area contributed by atoms with Crippen molar-refractivity contribution < 1.29 is 8.42 Å². The Labute approximate surface area is 121 Å². The smallest absolute Gasteiger partial charge is 0.150 e. The van der Waals surface area contributed by atoms with Crippen molar-refractivity contribution in [2.75, 3.05) is 11.5 Å². The molecular formula is C12H17IN2O2S. The van der Waals surface area contributed by atoms with Crippen molar-refractivity contribution in [2.24, 2.45) is 11.8 Å². The van der Waals surface area contributed by atoms with Gasteiger partial charge in [0, 0.05) is 9.61 Å². The van der Waals surface area contributed by atoms with Gasteiger partial charge in [0.2, 0.25) is 0 Å². The average Bonchev–Trinajstić information content (AvgIpc) is 2.69. The standard InChI is InChI=1S/C12H17IN2O2S/c13-11-3-1-9(2-4-11)7-12(15-14)10-5-6-18(16,17)8-10/h1-4,10,12,15H,5-8,14H2. The van der Waals surface area contributed by atoms with Crippen molar-refractivity contribution in [2.45, 2.75) is 18.9 Å². The quantitative estimate of drug-likeness (QED) is 0.466. The number of hydrogen-bond donors (Lipinski definition) is 2. The number of benzene rings is 1. The van der Waals surface area contributed by atoms with Gasteiger partial charge in [-0.15, -0.1) is 0 Å². The molecule has 0 spiro atoms. The van der Waals surface area contributed by atoms with Gasteiger partial charge >= 0.3 is 0 Å². The maximum absolute atomic E-state index is 11.5. The van der Waals surface area contributed by atoms with E-state index in [0.29, 0.717) is 12.2 Å². The predicted molar refractivity (Wildman–Crippen MR) is 80.7 cm³/mol. The van der Waals surface area contributed by atoms with Gasteiger partial charge in [-0.3, -0.25) is 11.3 Å². The molecule has 1 aliphatic heterocycles. The third-order valence-electron chi connectivity index (χ3n) is 3.42. The summed E-state index contributed by atoms with van der Waals surface area (Å²) >= 11 is 2.26. The number of rotatable bonds is 4. The van der Waals surface area contributed by atoms with Crippen LogP contribution in [0.3, 0.4) is 0 Å². The lowest BCUT2D eigenvalue weighted by Crippen LogP contribution is -2.43. The normalized spacial score (nSPS) is 24.0. The molecule has 1 aliphatic rings. The molecule has 0 saturated carbocycles. The molecule has 0 aliphatic carbocycles. The Hall–Kier alpha value is -0.180. The third kappa shape index (κ3) is 3.66. The minimum absolute atomic E-state index is 0.0299. The molecule has 1 heterocycles. The second-order valence-electron chi connectivity index (χ2n) is 4.77. The summed E-state index contributed by atoms with van der Waals surface area (Å²) in [6.07, 6.45) is 1.48. The Balaban J connectivity index is 2.04. The van der Waals surface area contributed by atoms with Gasteiger partial charge in [0.15, 0.2) is 9.84 Å². The van der Waals surface area contributed by atoms with Crippen molar-refractivity contribution in [3.63, 3.8) is 0 Å². The van der Waals surface area contributed by atoms with E-state index in [1.807, 2.05) is 0 Å². The third-order valence-corrected chi connectivity index (χ3v) is 5.93. The Bertz CT molecular complexity index is 501. The minimum Gasteiger partial charge on any atom is -0.271 e. The Kier molecular flexibility index (Phi) is 4.63. The lowest BCUT2D eigenvalue weighted by Gasteiger charge is -2.21. The molecule has 4 nitrogen and oxygen atoms in total. The summed E-state index contributed by atoms with van der Waals surface area (Å²) in [5, 5.41) is 0. The zero-order chi connectivity index (χ0) is 13.2. The fourth-order valence-electron chi connectivity index (χ4n) is 2.38. The Morgan fingerprint density at radius 3 is 2.56 bits per heavy atom. The van der Waals surface area contributed by atoms with Crippen LogP contribution in [0, 0.1) is 9.49 Å². The molecule has 100 valence electrons. The van der Waals surface area contributed by atoms with E-state index < -0.39 is 9.84 Å². The molecule has 0 radical (unpaired) electrons. The SMILES string of the molecule is NNC(Cc1ccc(I)cc1)C1CCS(=O)(=O)C1. The van der Waals surface area contributed by atoms with Crippen LogP contribution in [0.1, 0.15) is 12.0 Å². The lowest BCUT2D eigenvalue weighted by atomic mass is 9.93. The number of nitrogens with two attached hydrogens (primary N) is 1. The highest BCUT2D eigenvalue weighted by molar-refractivity contribution is 14.1.